The molecule has 0 heterocycles. The molecule has 2 atom stereocenters. The van der Waals surface area contributed by atoms with Gasteiger partial charge in [0.15, 0.2) is 0 Å². The van der Waals surface area contributed by atoms with Gasteiger partial charge in [-0.1, -0.05) is 26.8 Å². The van der Waals surface area contributed by atoms with E-state index in [0.717, 1.165) is 17.8 Å². The molecule has 0 radical (unpaired) electrons. The lowest BCUT2D eigenvalue weighted by Crippen LogP contribution is -2.35. The highest BCUT2D eigenvalue weighted by atomic mass is 19.1. The van der Waals surface area contributed by atoms with E-state index in [9.17, 15) is 4.39 Å². The first-order chi connectivity index (χ1) is 8.90. The summed E-state index contributed by atoms with van der Waals surface area (Å²) in [4.78, 5) is 2.18. The number of benzene rings is 1. The number of hydrogen-bond donors (Lipinski definition) is 1. The molecule has 0 spiro atoms. The van der Waals surface area contributed by atoms with Crippen molar-refractivity contribution in [3.8, 4) is 0 Å². The molecular weight excluding hydrogens is 239 g/mol. The molecule has 0 amide bonds. The molecule has 1 aromatic rings. The maximum atomic E-state index is 14.2. The largest absolute Gasteiger partial charge is 0.371 e. The minimum Gasteiger partial charge on any atom is -0.371 e. The van der Waals surface area contributed by atoms with Gasteiger partial charge in [0.25, 0.3) is 0 Å². The molecule has 0 saturated heterocycles. The average Bonchev–Trinajstić information content (AvgIpc) is 2.36. The summed E-state index contributed by atoms with van der Waals surface area (Å²) in [5.74, 6) is 0.393. The summed E-state index contributed by atoms with van der Waals surface area (Å²) in [6.45, 7) is 11.4. The van der Waals surface area contributed by atoms with Crippen LogP contribution in [-0.4, -0.2) is 19.6 Å². The smallest absolute Gasteiger partial charge is 0.130 e. The molecule has 2 unspecified atom stereocenters. The molecule has 0 aliphatic heterocycles. The van der Waals surface area contributed by atoms with Crippen molar-refractivity contribution in [3.05, 3.63) is 29.6 Å². The second-order valence-corrected chi connectivity index (χ2v) is 5.55. The van der Waals surface area contributed by atoms with Crippen molar-refractivity contribution in [1.82, 2.24) is 5.32 Å². The van der Waals surface area contributed by atoms with Crippen LogP contribution in [0.2, 0.25) is 0 Å². The van der Waals surface area contributed by atoms with Crippen LogP contribution in [0.25, 0.3) is 0 Å². The molecule has 2 nitrogen and oxygen atoms in total. The lowest BCUT2D eigenvalue weighted by molar-refractivity contribution is 0.495. The summed E-state index contributed by atoms with van der Waals surface area (Å²) in [6.07, 6.45) is 0. The van der Waals surface area contributed by atoms with Gasteiger partial charge in [-0.25, -0.2) is 4.39 Å². The Labute approximate surface area is 117 Å². The Morgan fingerprint density at radius 3 is 2.37 bits per heavy atom. The van der Waals surface area contributed by atoms with Crippen LogP contribution in [0.1, 0.15) is 46.2 Å². The summed E-state index contributed by atoms with van der Waals surface area (Å²) >= 11 is 0. The maximum Gasteiger partial charge on any atom is 0.130 e. The van der Waals surface area contributed by atoms with Crippen LogP contribution in [0.15, 0.2) is 18.2 Å². The molecule has 0 fully saturated rings. The minimum absolute atomic E-state index is 0.0167. The fourth-order valence-electron chi connectivity index (χ4n) is 2.34. The van der Waals surface area contributed by atoms with Gasteiger partial charge in [-0.2, -0.15) is 0 Å². The first kappa shape index (κ1) is 16.0. The Morgan fingerprint density at radius 2 is 1.84 bits per heavy atom. The van der Waals surface area contributed by atoms with Gasteiger partial charge in [-0.15, -0.1) is 0 Å². The molecule has 3 heteroatoms. The third kappa shape index (κ3) is 3.69. The number of anilines is 1. The van der Waals surface area contributed by atoms with Gasteiger partial charge in [0.05, 0.1) is 0 Å². The van der Waals surface area contributed by atoms with Gasteiger partial charge >= 0.3 is 0 Å². The second-order valence-electron chi connectivity index (χ2n) is 5.55. The molecule has 1 rings (SSSR count). The predicted molar refractivity (Wildman–Crippen MR) is 81.2 cm³/mol. The van der Waals surface area contributed by atoms with E-state index in [1.165, 1.54) is 0 Å². The third-order valence-corrected chi connectivity index (χ3v) is 3.93. The zero-order chi connectivity index (χ0) is 14.6. The molecule has 1 aromatic carbocycles. The number of halogens is 1. The van der Waals surface area contributed by atoms with Gasteiger partial charge in [0, 0.05) is 30.4 Å². The van der Waals surface area contributed by atoms with E-state index in [0.29, 0.717) is 12.0 Å². The summed E-state index contributed by atoms with van der Waals surface area (Å²) in [6, 6.07) is 5.72. The summed E-state index contributed by atoms with van der Waals surface area (Å²) < 4.78 is 14.2. The van der Waals surface area contributed by atoms with E-state index in [4.69, 9.17) is 0 Å². The highest BCUT2D eigenvalue weighted by Crippen LogP contribution is 2.30. The molecule has 0 aliphatic carbocycles. The third-order valence-electron chi connectivity index (χ3n) is 3.93. The highest BCUT2D eigenvalue weighted by molar-refractivity contribution is 5.55. The van der Waals surface area contributed by atoms with Crippen molar-refractivity contribution < 1.29 is 4.39 Å². The van der Waals surface area contributed by atoms with E-state index in [-0.39, 0.29) is 11.9 Å². The molecule has 0 aromatic heterocycles. The highest BCUT2D eigenvalue weighted by Gasteiger charge is 2.21. The molecule has 0 aliphatic rings. The van der Waals surface area contributed by atoms with Crippen LogP contribution in [0, 0.1) is 11.7 Å². The molecule has 0 bridgehead atoms. The van der Waals surface area contributed by atoms with Crippen molar-refractivity contribution in [3.63, 3.8) is 0 Å². The number of hydrogen-bond acceptors (Lipinski definition) is 2. The lowest BCUT2D eigenvalue weighted by Gasteiger charge is -2.33. The van der Waals surface area contributed by atoms with Crippen molar-refractivity contribution in [2.24, 2.45) is 5.92 Å². The SMILES string of the molecule is CCNC(C)c1c(F)cccc1N(C)C(C)C(C)C. The van der Waals surface area contributed by atoms with E-state index in [1.54, 1.807) is 12.1 Å². The molecule has 0 saturated carbocycles. The van der Waals surface area contributed by atoms with Crippen LogP contribution < -0.4 is 10.2 Å². The standard InChI is InChI=1S/C16H27FN2/c1-7-18-12(4)16-14(17)9-8-10-15(16)19(6)13(5)11(2)3/h8-13,18H,7H2,1-6H3. The van der Waals surface area contributed by atoms with E-state index < -0.39 is 0 Å². The quantitative estimate of drug-likeness (QED) is 0.838. The number of nitrogens with one attached hydrogen (secondary N) is 1. The Balaban J connectivity index is 3.16. The molecule has 1 N–H and O–H groups in total. The van der Waals surface area contributed by atoms with Gasteiger partial charge in [-0.05, 0) is 38.4 Å². The topological polar surface area (TPSA) is 15.3 Å². The van der Waals surface area contributed by atoms with Crippen LogP contribution in [0.5, 0.6) is 0 Å². The van der Waals surface area contributed by atoms with Crippen LogP contribution >= 0.6 is 0 Å². The Bertz CT molecular complexity index is 404. The van der Waals surface area contributed by atoms with Crippen LogP contribution in [0.4, 0.5) is 10.1 Å². The predicted octanol–water partition coefficient (Wildman–Crippen LogP) is 3.98. The normalized spacial score (nSPS) is 14.5. The minimum atomic E-state index is -0.131. The van der Waals surface area contributed by atoms with E-state index in [2.05, 4.69) is 31.0 Å². The first-order valence-electron chi connectivity index (χ1n) is 7.14. The second kappa shape index (κ2) is 6.90. The van der Waals surface area contributed by atoms with Crippen molar-refractivity contribution >= 4 is 5.69 Å². The Hall–Kier alpha value is -1.09. The van der Waals surface area contributed by atoms with Crippen LogP contribution in [0.3, 0.4) is 0 Å². The van der Waals surface area contributed by atoms with Crippen molar-refractivity contribution in [2.75, 3.05) is 18.5 Å². The lowest BCUT2D eigenvalue weighted by atomic mass is 10.00. The van der Waals surface area contributed by atoms with Gasteiger partial charge in [0.2, 0.25) is 0 Å². The Morgan fingerprint density at radius 1 is 1.21 bits per heavy atom. The van der Waals surface area contributed by atoms with Crippen molar-refractivity contribution in [1.29, 1.82) is 0 Å². The van der Waals surface area contributed by atoms with E-state index in [1.807, 2.05) is 27.0 Å². The van der Waals surface area contributed by atoms with Crippen molar-refractivity contribution in [2.45, 2.75) is 46.7 Å². The zero-order valence-corrected chi connectivity index (χ0v) is 13.0. The molecule has 19 heavy (non-hydrogen) atoms. The number of nitrogens with zero attached hydrogens (tertiary/aromatic N) is 1. The summed E-state index contributed by atoms with van der Waals surface area (Å²) in [7, 11) is 2.04. The summed E-state index contributed by atoms with van der Waals surface area (Å²) in [5, 5.41) is 3.30. The average molecular weight is 266 g/mol. The maximum absolute atomic E-state index is 14.2. The van der Waals surface area contributed by atoms with E-state index >= 15 is 0 Å². The molecule has 108 valence electrons. The monoisotopic (exact) mass is 266 g/mol. The fourth-order valence-corrected chi connectivity index (χ4v) is 2.34. The molecular formula is C16H27FN2. The van der Waals surface area contributed by atoms with Gasteiger partial charge in [0.1, 0.15) is 5.82 Å². The van der Waals surface area contributed by atoms with Gasteiger partial charge in [-0.3, -0.25) is 0 Å². The first-order valence-corrected chi connectivity index (χ1v) is 7.14. The fraction of sp³-hybridized carbons (Fsp3) is 0.625. The Kier molecular flexibility index (Phi) is 5.80. The van der Waals surface area contributed by atoms with Crippen LogP contribution in [-0.2, 0) is 0 Å². The number of rotatable bonds is 6. The van der Waals surface area contributed by atoms with Gasteiger partial charge < -0.3 is 10.2 Å². The zero-order valence-electron chi connectivity index (χ0n) is 13.0. The summed E-state index contributed by atoms with van der Waals surface area (Å²) in [5.41, 5.74) is 1.74.